The predicted octanol–water partition coefficient (Wildman–Crippen LogP) is 3.31. The number of halogens is 1. The second kappa shape index (κ2) is 8.00. The Morgan fingerprint density at radius 3 is 1.76 bits per heavy atom. The molecule has 0 bridgehead atoms. The van der Waals surface area contributed by atoms with E-state index in [1.807, 2.05) is 6.07 Å². The lowest BCUT2D eigenvalue weighted by Crippen LogP contribution is -2.20. The van der Waals surface area contributed by atoms with Crippen LogP contribution in [0.4, 0.5) is 0 Å². The van der Waals surface area contributed by atoms with Crippen LogP contribution in [0.3, 0.4) is 0 Å². The van der Waals surface area contributed by atoms with Crippen molar-refractivity contribution in [1.82, 2.24) is 0 Å². The molecule has 0 saturated heterocycles. The highest BCUT2D eigenvalue weighted by Gasteiger charge is 2.30. The summed E-state index contributed by atoms with van der Waals surface area (Å²) in [6.45, 7) is 3.79. The van der Waals surface area contributed by atoms with Crippen molar-refractivity contribution in [2.45, 2.75) is 75.6 Å². The molecule has 0 aliphatic heterocycles. The third kappa shape index (κ3) is 6.96. The van der Waals surface area contributed by atoms with Crippen molar-refractivity contribution >= 4 is 19.4 Å². The lowest BCUT2D eigenvalue weighted by molar-refractivity contribution is 0.107. The van der Waals surface area contributed by atoms with Crippen LogP contribution in [0.5, 0.6) is 0 Å². The highest BCUT2D eigenvalue weighted by Crippen LogP contribution is 2.34. The molecular formula is C13H24BClNO. The van der Waals surface area contributed by atoms with Crippen molar-refractivity contribution in [2.75, 3.05) is 0 Å². The van der Waals surface area contributed by atoms with E-state index in [1.165, 1.54) is 33.5 Å². The molecule has 2 aliphatic carbocycles. The maximum absolute atomic E-state index is 9.14. The van der Waals surface area contributed by atoms with Gasteiger partial charge in [-0.2, -0.15) is 5.26 Å². The monoisotopic (exact) mass is 258 g/mol. The number of alkyl halides is 1. The molecule has 0 spiro atoms. The third-order valence-corrected chi connectivity index (χ3v) is 3.66. The summed E-state index contributed by atoms with van der Waals surface area (Å²) in [5.74, 6) is 0. The Morgan fingerprint density at radius 2 is 1.59 bits per heavy atom. The Balaban J connectivity index is 0.000000267. The fourth-order valence-electron chi connectivity index (χ4n) is 2.18. The maximum atomic E-state index is 9.14. The molecule has 0 heterocycles. The van der Waals surface area contributed by atoms with E-state index in [0.29, 0.717) is 12.8 Å². The molecule has 2 aliphatic rings. The van der Waals surface area contributed by atoms with E-state index in [-0.39, 0.29) is 4.87 Å². The van der Waals surface area contributed by atoms with Gasteiger partial charge >= 0.3 is 0 Å². The quantitative estimate of drug-likeness (QED) is 0.412. The second-order valence-corrected chi connectivity index (χ2v) is 5.88. The lowest BCUT2D eigenvalue weighted by Gasteiger charge is -2.10. The van der Waals surface area contributed by atoms with Crippen molar-refractivity contribution in [1.29, 1.82) is 6.60 Å². The van der Waals surface area contributed by atoms with Gasteiger partial charge in [0.15, 0.2) is 5.60 Å². The van der Waals surface area contributed by atoms with Crippen molar-refractivity contribution in [3.8, 4) is 6.07 Å². The Labute approximate surface area is 113 Å². The van der Waals surface area contributed by atoms with E-state index in [1.54, 1.807) is 6.82 Å². The number of hydrogen-bond donors (Lipinski definition) is 1. The van der Waals surface area contributed by atoms with Crippen LogP contribution in [0.25, 0.3) is 0 Å². The van der Waals surface area contributed by atoms with Crippen LogP contribution >= 0.6 is 11.6 Å². The minimum atomic E-state index is -0.958. The maximum Gasteiger partial charge on any atom is 0.151 e. The number of nitrogens with zero attached hydrogens (tertiary/aromatic N) is 1. The zero-order chi connectivity index (χ0) is 14.1. The molecule has 0 unspecified atom stereocenters. The second-order valence-electron chi connectivity index (χ2n) is 4.97. The van der Waals surface area contributed by atoms with Crippen LogP contribution in [-0.2, 0) is 0 Å². The summed E-state index contributed by atoms with van der Waals surface area (Å²) in [4.78, 5) is 0.167. The molecule has 1 radical (unpaired) electrons. The molecule has 0 amide bonds. The average Bonchev–Trinajstić information content (AvgIpc) is 2.90. The van der Waals surface area contributed by atoms with E-state index >= 15 is 0 Å². The third-order valence-electron chi connectivity index (χ3n) is 3.28. The van der Waals surface area contributed by atoms with Crippen LogP contribution < -0.4 is 0 Å². The summed E-state index contributed by atoms with van der Waals surface area (Å²) in [5.41, 5.74) is -0.958. The van der Waals surface area contributed by atoms with Crippen molar-refractivity contribution < 1.29 is 5.11 Å². The molecule has 4 heteroatoms. The standard InChI is InChI=1S/C6H11Cl.C6H9NO.CH4B/c1-6(7)4-2-3-5-6;7-5-6(8)3-1-2-4-6;1-2/h2-5H2,1H3;8H,1-4H2;2H,1H3/i;;2T. The first-order valence-corrected chi connectivity index (χ1v) is 6.76. The summed E-state index contributed by atoms with van der Waals surface area (Å²) >= 11 is 5.97. The Morgan fingerprint density at radius 1 is 1.24 bits per heavy atom. The lowest BCUT2D eigenvalue weighted by atomic mass is 10.1. The first kappa shape index (κ1) is 14.9. The molecule has 2 rings (SSSR count). The average molecular weight is 259 g/mol. The summed E-state index contributed by atoms with van der Waals surface area (Å²) < 4.78 is 6.08. The number of nitriles is 1. The molecule has 17 heavy (non-hydrogen) atoms. The highest BCUT2D eigenvalue weighted by atomic mass is 35.5. The van der Waals surface area contributed by atoms with E-state index in [0.717, 1.165) is 12.8 Å². The Hall–Kier alpha value is -0.195. The van der Waals surface area contributed by atoms with Crippen LogP contribution in [0.1, 0.15) is 58.3 Å². The first-order chi connectivity index (χ1) is 8.39. The van der Waals surface area contributed by atoms with Gasteiger partial charge in [-0.1, -0.05) is 19.7 Å². The molecule has 0 atom stereocenters. The molecule has 0 aromatic heterocycles. The Kier molecular flexibility index (Phi) is 7.00. The van der Waals surface area contributed by atoms with Gasteiger partial charge in [-0.15, -0.1) is 11.6 Å². The van der Waals surface area contributed by atoms with E-state index < -0.39 is 5.60 Å². The summed E-state index contributed by atoms with van der Waals surface area (Å²) in [6, 6.07) is 1.90. The molecule has 0 aromatic rings. The van der Waals surface area contributed by atoms with Crippen molar-refractivity contribution in [2.24, 2.45) is 0 Å². The van der Waals surface area contributed by atoms with Gasteiger partial charge in [-0.05, 0) is 46.8 Å². The van der Waals surface area contributed by atoms with E-state index in [2.05, 4.69) is 6.92 Å². The highest BCUT2D eigenvalue weighted by molar-refractivity contribution is 6.23. The largest absolute Gasteiger partial charge is 0.375 e. The smallest absolute Gasteiger partial charge is 0.151 e. The summed E-state index contributed by atoms with van der Waals surface area (Å²) in [5, 5.41) is 17.5. The van der Waals surface area contributed by atoms with Crippen LogP contribution in [0.2, 0.25) is 6.82 Å². The first-order valence-electron chi connectivity index (χ1n) is 6.96. The van der Waals surface area contributed by atoms with Crippen LogP contribution in [0.15, 0.2) is 0 Å². The summed E-state index contributed by atoms with van der Waals surface area (Å²) in [7, 11) is 1.25. The van der Waals surface area contributed by atoms with Gasteiger partial charge in [0.05, 0.1) is 13.9 Å². The molecule has 97 valence electrons. The normalized spacial score (nSPS) is 24.3. The zero-order valence-electron chi connectivity index (χ0n) is 12.0. The fourth-order valence-corrected chi connectivity index (χ4v) is 2.45. The van der Waals surface area contributed by atoms with E-state index in [9.17, 15) is 0 Å². The molecule has 2 fully saturated rings. The van der Waals surface area contributed by atoms with Gasteiger partial charge in [0.25, 0.3) is 0 Å². The van der Waals surface area contributed by atoms with Crippen LogP contribution in [-0.4, -0.2) is 24.7 Å². The van der Waals surface area contributed by atoms with Crippen LogP contribution in [0, 0.1) is 11.3 Å². The van der Waals surface area contributed by atoms with Gasteiger partial charge in [0.1, 0.15) is 0 Å². The molecular weight excluding hydrogens is 232 g/mol. The number of aliphatic hydroxyl groups is 1. The van der Waals surface area contributed by atoms with Crippen molar-refractivity contribution in [3.05, 3.63) is 0 Å². The predicted molar refractivity (Wildman–Crippen MR) is 74.8 cm³/mol. The van der Waals surface area contributed by atoms with Crippen molar-refractivity contribution in [3.63, 3.8) is 0 Å². The molecule has 0 aromatic carbocycles. The van der Waals surface area contributed by atoms with Gasteiger partial charge in [-0.3, -0.25) is 0 Å². The molecule has 2 nitrogen and oxygen atoms in total. The topological polar surface area (TPSA) is 44.0 Å². The zero-order valence-corrected chi connectivity index (χ0v) is 11.8. The number of rotatable bonds is 0. The molecule has 1 N–H and O–H groups in total. The van der Waals surface area contributed by atoms with Gasteiger partial charge in [0, 0.05) is 4.87 Å². The fraction of sp³-hybridized carbons (Fsp3) is 0.923. The molecule has 2 saturated carbocycles. The SMILES string of the molecule is CC1(Cl)CCCC1.N#CC1(O)CCCC1.[3H][B]C. The van der Waals surface area contributed by atoms with E-state index in [4.69, 9.17) is 23.3 Å². The summed E-state index contributed by atoms with van der Waals surface area (Å²) in [6.07, 6.45) is 8.45. The minimum absolute atomic E-state index is 0.167. The minimum Gasteiger partial charge on any atom is -0.375 e. The number of hydrogen-bond acceptors (Lipinski definition) is 2. The Bertz CT molecular complexity index is 254. The van der Waals surface area contributed by atoms with Gasteiger partial charge in [0.2, 0.25) is 0 Å². The van der Waals surface area contributed by atoms with Gasteiger partial charge in [-0.25, -0.2) is 0 Å². The van der Waals surface area contributed by atoms with Gasteiger partial charge < -0.3 is 5.11 Å².